The first-order valence-electron chi connectivity index (χ1n) is 6.80. The molecule has 0 aliphatic rings. The van der Waals surface area contributed by atoms with E-state index in [9.17, 15) is 4.79 Å². The van der Waals surface area contributed by atoms with Crippen LogP contribution >= 0.6 is 12.2 Å². The van der Waals surface area contributed by atoms with Crippen molar-refractivity contribution < 1.29 is 9.53 Å². The highest BCUT2D eigenvalue weighted by molar-refractivity contribution is 7.80. The van der Waals surface area contributed by atoms with Crippen LogP contribution in [0.3, 0.4) is 0 Å². The number of hydrogen-bond acceptors (Lipinski definition) is 4. The fourth-order valence-electron chi connectivity index (χ4n) is 2.22. The number of amides is 1. The molecule has 0 aliphatic carbocycles. The number of carbonyl (C=O) groups excluding carboxylic acids is 1. The zero-order valence-corrected chi connectivity index (χ0v) is 13.6. The minimum absolute atomic E-state index is 0.207. The average Bonchev–Trinajstić information content (AvgIpc) is 2.36. The molecular weight excluding hydrogens is 286 g/mol. The summed E-state index contributed by atoms with van der Waals surface area (Å²) in [6.07, 6.45) is 0. The molecule has 0 saturated carbocycles. The molecule has 0 atom stereocenters. The molecule has 0 unspecified atom stereocenters. The Morgan fingerprint density at radius 2 is 2.05 bits per heavy atom. The second-order valence-electron chi connectivity index (χ2n) is 5.42. The Kier molecular flexibility index (Phi) is 6.58. The second kappa shape index (κ2) is 7.95. The fourth-order valence-corrected chi connectivity index (χ4v) is 2.35. The summed E-state index contributed by atoms with van der Waals surface area (Å²) in [6.45, 7) is 5.72. The van der Waals surface area contributed by atoms with E-state index < -0.39 is 0 Å². The van der Waals surface area contributed by atoms with E-state index in [0.717, 1.165) is 23.4 Å². The maximum atomic E-state index is 11.2. The largest absolute Gasteiger partial charge is 0.496 e. The maximum Gasteiger partial charge on any atom is 0.231 e. The first-order chi connectivity index (χ1) is 9.83. The van der Waals surface area contributed by atoms with E-state index in [1.54, 1.807) is 7.11 Å². The molecule has 0 saturated heterocycles. The van der Waals surface area contributed by atoms with Gasteiger partial charge in [0.25, 0.3) is 0 Å². The van der Waals surface area contributed by atoms with Gasteiger partial charge in [0, 0.05) is 24.2 Å². The van der Waals surface area contributed by atoms with Crippen molar-refractivity contribution in [1.82, 2.24) is 4.90 Å². The standard InChI is InChI=1S/C15H23N3O2S/c1-10(2)7-18(9-14(16)19)8-12-6-11(15(17)21)4-5-13(12)20-3/h4-6,10H,7-9H2,1-3H3,(H2,16,19)(H2,17,21). The van der Waals surface area contributed by atoms with Gasteiger partial charge in [-0.3, -0.25) is 9.69 Å². The summed E-state index contributed by atoms with van der Waals surface area (Å²) >= 11 is 5.00. The van der Waals surface area contributed by atoms with Crippen LogP contribution in [0.25, 0.3) is 0 Å². The zero-order chi connectivity index (χ0) is 16.0. The number of ether oxygens (including phenoxy) is 1. The van der Waals surface area contributed by atoms with Crippen molar-refractivity contribution in [3.05, 3.63) is 29.3 Å². The Labute approximate surface area is 131 Å². The van der Waals surface area contributed by atoms with Gasteiger partial charge in [0.15, 0.2) is 0 Å². The maximum absolute atomic E-state index is 11.2. The van der Waals surface area contributed by atoms with Crippen LogP contribution in [0.15, 0.2) is 18.2 Å². The normalized spacial score (nSPS) is 10.9. The predicted octanol–water partition coefficient (Wildman–Crippen LogP) is 1.27. The number of nitrogens with two attached hydrogens (primary N) is 2. The summed E-state index contributed by atoms with van der Waals surface area (Å²) in [5.74, 6) is 0.822. The van der Waals surface area contributed by atoms with Gasteiger partial charge >= 0.3 is 0 Å². The van der Waals surface area contributed by atoms with Crippen LogP contribution in [0.5, 0.6) is 5.75 Å². The van der Waals surface area contributed by atoms with Gasteiger partial charge in [-0.25, -0.2) is 0 Å². The van der Waals surface area contributed by atoms with E-state index in [4.69, 9.17) is 28.4 Å². The number of primary amides is 1. The van der Waals surface area contributed by atoms with E-state index in [-0.39, 0.29) is 12.5 Å². The third-order valence-electron chi connectivity index (χ3n) is 2.96. The molecule has 6 heteroatoms. The Morgan fingerprint density at radius 1 is 1.38 bits per heavy atom. The molecule has 21 heavy (non-hydrogen) atoms. The lowest BCUT2D eigenvalue weighted by Crippen LogP contribution is -2.35. The summed E-state index contributed by atoms with van der Waals surface area (Å²) in [5, 5.41) is 0. The van der Waals surface area contributed by atoms with Crippen molar-refractivity contribution in [1.29, 1.82) is 0 Å². The first kappa shape index (κ1) is 17.4. The molecule has 1 aromatic carbocycles. The van der Waals surface area contributed by atoms with E-state index >= 15 is 0 Å². The van der Waals surface area contributed by atoms with E-state index in [1.165, 1.54) is 0 Å². The molecule has 0 heterocycles. The SMILES string of the molecule is COc1ccc(C(N)=S)cc1CN(CC(N)=O)CC(C)C. The van der Waals surface area contributed by atoms with Gasteiger partial charge < -0.3 is 16.2 Å². The van der Waals surface area contributed by atoms with Crippen LogP contribution in [0.1, 0.15) is 25.0 Å². The molecule has 0 spiro atoms. The van der Waals surface area contributed by atoms with Crippen molar-refractivity contribution >= 4 is 23.1 Å². The molecule has 0 bridgehead atoms. The average molecular weight is 309 g/mol. The zero-order valence-electron chi connectivity index (χ0n) is 12.8. The topological polar surface area (TPSA) is 81.6 Å². The van der Waals surface area contributed by atoms with Crippen molar-refractivity contribution in [2.24, 2.45) is 17.4 Å². The van der Waals surface area contributed by atoms with E-state index in [2.05, 4.69) is 13.8 Å². The smallest absolute Gasteiger partial charge is 0.231 e. The molecular formula is C15H23N3O2S. The van der Waals surface area contributed by atoms with Gasteiger partial charge in [0.1, 0.15) is 10.7 Å². The highest BCUT2D eigenvalue weighted by Crippen LogP contribution is 2.22. The second-order valence-corrected chi connectivity index (χ2v) is 5.86. The molecule has 4 N–H and O–H groups in total. The van der Waals surface area contributed by atoms with Crippen molar-refractivity contribution in [3.8, 4) is 5.75 Å². The minimum atomic E-state index is -0.347. The molecule has 1 aromatic rings. The van der Waals surface area contributed by atoms with Gasteiger partial charge in [0.2, 0.25) is 5.91 Å². The van der Waals surface area contributed by atoms with Crippen molar-refractivity contribution in [2.75, 3.05) is 20.2 Å². The summed E-state index contributed by atoms with van der Waals surface area (Å²) in [5.41, 5.74) is 12.7. The minimum Gasteiger partial charge on any atom is -0.496 e. The van der Waals surface area contributed by atoms with Crippen LogP contribution in [-0.4, -0.2) is 36.0 Å². The van der Waals surface area contributed by atoms with Crippen LogP contribution in [0, 0.1) is 5.92 Å². The number of benzene rings is 1. The third-order valence-corrected chi connectivity index (χ3v) is 3.20. The highest BCUT2D eigenvalue weighted by Gasteiger charge is 2.14. The number of thiocarbonyl (C=S) groups is 1. The first-order valence-corrected chi connectivity index (χ1v) is 7.21. The third kappa shape index (κ3) is 5.69. The molecule has 5 nitrogen and oxygen atoms in total. The predicted molar refractivity (Wildman–Crippen MR) is 88.2 cm³/mol. The molecule has 0 fully saturated rings. The molecule has 1 amide bonds. The van der Waals surface area contributed by atoms with Gasteiger partial charge in [0.05, 0.1) is 13.7 Å². The van der Waals surface area contributed by atoms with E-state index in [1.807, 2.05) is 23.1 Å². The quantitative estimate of drug-likeness (QED) is 0.707. The molecule has 0 aromatic heterocycles. The highest BCUT2D eigenvalue weighted by atomic mass is 32.1. The molecule has 1 rings (SSSR count). The lowest BCUT2D eigenvalue weighted by Gasteiger charge is -2.24. The van der Waals surface area contributed by atoms with Crippen LogP contribution in [0.4, 0.5) is 0 Å². The Hall–Kier alpha value is -1.66. The lowest BCUT2D eigenvalue weighted by molar-refractivity contribution is -0.119. The van der Waals surface area contributed by atoms with Crippen molar-refractivity contribution in [3.63, 3.8) is 0 Å². The summed E-state index contributed by atoms with van der Waals surface area (Å²) in [6, 6.07) is 5.56. The lowest BCUT2D eigenvalue weighted by atomic mass is 10.1. The number of hydrogen-bond donors (Lipinski definition) is 2. The molecule has 0 radical (unpaired) electrons. The van der Waals surface area contributed by atoms with Crippen LogP contribution in [0.2, 0.25) is 0 Å². The Balaban J connectivity index is 3.02. The van der Waals surface area contributed by atoms with Crippen LogP contribution in [-0.2, 0) is 11.3 Å². The number of carbonyl (C=O) groups is 1. The van der Waals surface area contributed by atoms with Crippen LogP contribution < -0.4 is 16.2 Å². The fraction of sp³-hybridized carbons (Fsp3) is 0.467. The van der Waals surface area contributed by atoms with E-state index in [0.29, 0.717) is 17.5 Å². The number of methoxy groups -OCH3 is 1. The molecule has 0 aliphatic heterocycles. The van der Waals surface area contributed by atoms with Crippen molar-refractivity contribution in [2.45, 2.75) is 20.4 Å². The monoisotopic (exact) mass is 309 g/mol. The Morgan fingerprint density at radius 3 is 2.52 bits per heavy atom. The summed E-state index contributed by atoms with van der Waals surface area (Å²) in [7, 11) is 1.61. The van der Waals surface area contributed by atoms with Gasteiger partial charge in [-0.1, -0.05) is 26.1 Å². The van der Waals surface area contributed by atoms with Gasteiger partial charge in [-0.05, 0) is 24.1 Å². The Bertz CT molecular complexity index is 518. The van der Waals surface area contributed by atoms with Gasteiger partial charge in [-0.15, -0.1) is 0 Å². The van der Waals surface area contributed by atoms with Gasteiger partial charge in [-0.2, -0.15) is 0 Å². The number of nitrogens with zero attached hydrogens (tertiary/aromatic N) is 1. The molecule has 116 valence electrons. The summed E-state index contributed by atoms with van der Waals surface area (Å²) < 4.78 is 5.36. The number of rotatable bonds is 8. The summed E-state index contributed by atoms with van der Waals surface area (Å²) in [4.78, 5) is 13.6.